The van der Waals surface area contributed by atoms with Gasteiger partial charge in [-0.2, -0.15) is 0 Å². The smallest absolute Gasteiger partial charge is 0.0402 e. The van der Waals surface area contributed by atoms with E-state index in [1.807, 2.05) is 12.1 Å². The molecule has 0 fully saturated rings. The molecule has 0 amide bonds. The molecule has 11 N–H and O–H groups in total. The Hall–Kier alpha value is -2.63. The molecule has 0 aromatic heterocycles. The van der Waals surface area contributed by atoms with Crippen LogP contribution in [0.15, 0.2) is 54.6 Å². The maximum atomic E-state index is 7.12. The summed E-state index contributed by atoms with van der Waals surface area (Å²) < 4.78 is 0. The van der Waals surface area contributed by atoms with E-state index in [0.29, 0.717) is 5.70 Å². The predicted octanol–water partition coefficient (Wildman–Crippen LogP) is 3.11. The number of allylic oxidation sites excluding steroid dienone is 1. The van der Waals surface area contributed by atoms with Crippen molar-refractivity contribution in [1.82, 2.24) is 31.9 Å². The summed E-state index contributed by atoms with van der Waals surface area (Å²) in [7, 11) is 0. The Morgan fingerprint density at radius 3 is 1.38 bits per heavy atom. The summed E-state index contributed by atoms with van der Waals surface area (Å²) in [6.45, 7) is 13.1. The van der Waals surface area contributed by atoms with Crippen LogP contribution >= 0.6 is 0 Å². The highest BCUT2D eigenvalue weighted by Gasteiger charge is 1.99. The minimum atomic E-state index is 0.622. The molecular weight excluding hydrogens is 558 g/mol. The minimum absolute atomic E-state index is 0.622. The topological polar surface area (TPSA) is 148 Å². The normalized spacial score (nSPS) is 11.7. The van der Waals surface area contributed by atoms with Crippen molar-refractivity contribution in [1.29, 1.82) is 5.41 Å². The van der Waals surface area contributed by atoms with Crippen LogP contribution in [-0.2, 0) is 19.5 Å². The standard InChI is InChI=1S/C36H63N9/c37-18-3-21-41-23-5-25-43-26-6-28-44-30-33-11-9-32(10-12-33)8-1-2-20-40-22-4-24-42-27-7-29-45-31-34-13-15-35(16-14-34)36(39)17-19-38/h9-17,19,38,40-45H,1-8,18,20-31,37,39H2/b36-17-,38-19?. The van der Waals surface area contributed by atoms with E-state index >= 15 is 0 Å². The van der Waals surface area contributed by atoms with Gasteiger partial charge in [-0.1, -0.05) is 48.5 Å². The van der Waals surface area contributed by atoms with Crippen molar-refractivity contribution in [3.05, 3.63) is 76.9 Å². The average molecular weight is 622 g/mol. The Morgan fingerprint density at radius 1 is 0.511 bits per heavy atom. The minimum Gasteiger partial charge on any atom is -0.398 e. The Bertz CT molecular complexity index is 993. The third-order valence-electron chi connectivity index (χ3n) is 7.69. The summed E-state index contributed by atoms with van der Waals surface area (Å²) >= 11 is 0. The lowest BCUT2D eigenvalue weighted by molar-refractivity contribution is 0.556. The Morgan fingerprint density at radius 2 is 0.911 bits per heavy atom. The highest BCUT2D eigenvalue weighted by atomic mass is 14.9. The third-order valence-corrected chi connectivity index (χ3v) is 7.69. The van der Waals surface area contributed by atoms with Gasteiger partial charge in [-0.25, -0.2) is 0 Å². The monoisotopic (exact) mass is 622 g/mol. The zero-order valence-corrected chi connectivity index (χ0v) is 27.8. The molecule has 0 heterocycles. The van der Waals surface area contributed by atoms with E-state index in [4.69, 9.17) is 16.9 Å². The lowest BCUT2D eigenvalue weighted by Crippen LogP contribution is -2.26. The van der Waals surface area contributed by atoms with E-state index in [0.717, 1.165) is 123 Å². The van der Waals surface area contributed by atoms with Crippen molar-refractivity contribution in [2.75, 3.05) is 72.0 Å². The first kappa shape index (κ1) is 38.6. The molecule has 0 unspecified atom stereocenters. The number of unbranched alkanes of at least 4 members (excludes halogenated alkanes) is 1. The molecule has 0 aliphatic heterocycles. The fourth-order valence-electron chi connectivity index (χ4n) is 4.95. The molecule has 0 aliphatic carbocycles. The van der Waals surface area contributed by atoms with Gasteiger partial charge in [0.1, 0.15) is 0 Å². The fraction of sp³-hybridized carbons (Fsp3) is 0.583. The van der Waals surface area contributed by atoms with Gasteiger partial charge in [0.25, 0.3) is 0 Å². The molecule has 0 aliphatic rings. The van der Waals surface area contributed by atoms with Crippen molar-refractivity contribution in [2.24, 2.45) is 11.5 Å². The van der Waals surface area contributed by atoms with Crippen molar-refractivity contribution in [3.8, 4) is 0 Å². The molecular formula is C36H63N9. The van der Waals surface area contributed by atoms with E-state index in [1.165, 1.54) is 42.2 Å². The molecule has 0 bridgehead atoms. The summed E-state index contributed by atoms with van der Waals surface area (Å²) in [6.07, 6.45) is 12.1. The van der Waals surface area contributed by atoms with Crippen LogP contribution < -0.4 is 43.4 Å². The zero-order chi connectivity index (χ0) is 32.0. The number of hydrogen-bond acceptors (Lipinski definition) is 9. The van der Waals surface area contributed by atoms with Crippen LogP contribution in [0.2, 0.25) is 0 Å². The molecule has 0 radical (unpaired) electrons. The van der Waals surface area contributed by atoms with Crippen LogP contribution in [0.1, 0.15) is 67.2 Å². The first-order chi connectivity index (χ1) is 22.2. The van der Waals surface area contributed by atoms with Crippen LogP contribution in [0.4, 0.5) is 0 Å². The summed E-state index contributed by atoms with van der Waals surface area (Å²) in [5, 5.41) is 28.3. The van der Waals surface area contributed by atoms with Gasteiger partial charge < -0.3 is 48.8 Å². The third kappa shape index (κ3) is 20.9. The van der Waals surface area contributed by atoms with Gasteiger partial charge in [-0.3, -0.25) is 0 Å². The number of hydrogen-bond donors (Lipinski definition) is 9. The van der Waals surface area contributed by atoms with Crippen molar-refractivity contribution < 1.29 is 0 Å². The van der Waals surface area contributed by atoms with Gasteiger partial charge in [0.15, 0.2) is 0 Å². The van der Waals surface area contributed by atoms with E-state index in [-0.39, 0.29) is 0 Å². The molecule has 0 saturated carbocycles. The van der Waals surface area contributed by atoms with E-state index in [1.54, 1.807) is 6.08 Å². The Labute approximate surface area is 273 Å². The molecule has 0 saturated heterocycles. The van der Waals surface area contributed by atoms with E-state index < -0.39 is 0 Å². The highest BCUT2D eigenvalue weighted by Crippen LogP contribution is 2.10. The molecule has 0 spiro atoms. The Kier molecular flexibility index (Phi) is 23.7. The van der Waals surface area contributed by atoms with Crippen LogP contribution in [0, 0.1) is 5.41 Å². The second kappa shape index (κ2) is 27.7. The quantitative estimate of drug-likeness (QED) is 0.0478. The summed E-state index contributed by atoms with van der Waals surface area (Å²) in [5.41, 5.74) is 17.0. The second-order valence-electron chi connectivity index (χ2n) is 11.7. The maximum absolute atomic E-state index is 7.12. The van der Waals surface area contributed by atoms with Gasteiger partial charge in [-0.15, -0.1) is 0 Å². The van der Waals surface area contributed by atoms with Crippen molar-refractivity contribution >= 4 is 11.9 Å². The van der Waals surface area contributed by atoms with Crippen LogP contribution in [0.3, 0.4) is 0 Å². The van der Waals surface area contributed by atoms with Crippen molar-refractivity contribution in [2.45, 2.75) is 64.5 Å². The molecule has 252 valence electrons. The summed E-state index contributed by atoms with van der Waals surface area (Å²) in [5.74, 6) is 0. The zero-order valence-electron chi connectivity index (χ0n) is 27.8. The van der Waals surface area contributed by atoms with Crippen LogP contribution in [0.5, 0.6) is 0 Å². The van der Waals surface area contributed by atoms with Crippen LogP contribution in [0.25, 0.3) is 5.70 Å². The van der Waals surface area contributed by atoms with Crippen molar-refractivity contribution in [3.63, 3.8) is 0 Å². The van der Waals surface area contributed by atoms with E-state index in [2.05, 4.69) is 68.3 Å². The molecule has 0 atom stereocenters. The highest BCUT2D eigenvalue weighted by molar-refractivity contribution is 5.81. The summed E-state index contributed by atoms with van der Waals surface area (Å²) in [4.78, 5) is 0. The lowest BCUT2D eigenvalue weighted by Gasteiger charge is -2.09. The number of aryl methyl sites for hydroxylation is 1. The fourth-order valence-corrected chi connectivity index (χ4v) is 4.95. The molecule has 9 nitrogen and oxygen atoms in total. The van der Waals surface area contributed by atoms with Gasteiger partial charge in [0.2, 0.25) is 0 Å². The number of rotatable bonds is 30. The SMILES string of the molecule is N=C/C=C(\N)c1ccc(CNCCCNCCCNCCCCc2ccc(CNCCCNCCCNCCCN)cc2)cc1. The summed E-state index contributed by atoms with van der Waals surface area (Å²) in [6, 6.07) is 17.3. The number of nitrogens with two attached hydrogens (primary N) is 2. The predicted molar refractivity (Wildman–Crippen MR) is 194 cm³/mol. The Balaban J connectivity index is 1.32. The largest absolute Gasteiger partial charge is 0.398 e. The van der Waals surface area contributed by atoms with Gasteiger partial charge >= 0.3 is 0 Å². The molecule has 2 rings (SSSR count). The number of benzene rings is 2. The van der Waals surface area contributed by atoms with Gasteiger partial charge in [0.05, 0.1) is 0 Å². The first-order valence-corrected chi connectivity index (χ1v) is 17.3. The van der Waals surface area contributed by atoms with E-state index in [9.17, 15) is 0 Å². The molecule has 2 aromatic carbocycles. The first-order valence-electron chi connectivity index (χ1n) is 17.3. The molecule has 2 aromatic rings. The average Bonchev–Trinajstić information content (AvgIpc) is 3.06. The lowest BCUT2D eigenvalue weighted by atomic mass is 10.1. The number of nitrogens with one attached hydrogen (secondary N) is 7. The molecule has 9 heteroatoms. The van der Waals surface area contributed by atoms with Crippen LogP contribution in [-0.4, -0.2) is 78.2 Å². The molecule has 45 heavy (non-hydrogen) atoms. The second-order valence-corrected chi connectivity index (χ2v) is 11.7. The van der Waals surface area contributed by atoms with Gasteiger partial charge in [-0.05, 0) is 152 Å². The maximum Gasteiger partial charge on any atom is 0.0402 e. The van der Waals surface area contributed by atoms with Gasteiger partial charge in [0, 0.05) is 25.0 Å².